The number of hydrogen-bond donors (Lipinski definition) is 3. The standard InChI is InChI=1S/C15H14N4O2/c1-21-14-5-3-10-6-12(4-2-11(10)7-14)18-15(20)19-13-8-16-17-9-13/h2-9H,1H3,(H,16,17)(H2,18,19,20). The number of methoxy groups -OCH3 is 1. The van der Waals surface area contributed by atoms with Gasteiger partial charge in [0.15, 0.2) is 0 Å². The summed E-state index contributed by atoms with van der Waals surface area (Å²) in [6, 6.07) is 11.2. The molecule has 0 fully saturated rings. The van der Waals surface area contributed by atoms with Gasteiger partial charge < -0.3 is 15.4 Å². The van der Waals surface area contributed by atoms with Crippen molar-refractivity contribution >= 4 is 28.2 Å². The van der Waals surface area contributed by atoms with E-state index >= 15 is 0 Å². The summed E-state index contributed by atoms with van der Waals surface area (Å²) in [5.41, 5.74) is 1.33. The van der Waals surface area contributed by atoms with Gasteiger partial charge in [-0.3, -0.25) is 5.10 Å². The van der Waals surface area contributed by atoms with Gasteiger partial charge in [-0.15, -0.1) is 0 Å². The molecule has 0 bridgehead atoms. The molecule has 6 nitrogen and oxygen atoms in total. The fourth-order valence-corrected chi connectivity index (χ4v) is 2.04. The molecule has 21 heavy (non-hydrogen) atoms. The second kappa shape index (κ2) is 5.54. The summed E-state index contributed by atoms with van der Waals surface area (Å²) < 4.78 is 5.19. The number of ether oxygens (including phenoxy) is 1. The van der Waals surface area contributed by atoms with Crippen molar-refractivity contribution < 1.29 is 9.53 Å². The average Bonchev–Trinajstić information content (AvgIpc) is 2.99. The van der Waals surface area contributed by atoms with Gasteiger partial charge in [-0.1, -0.05) is 12.1 Å². The molecule has 0 atom stereocenters. The Bertz CT molecular complexity index is 768. The van der Waals surface area contributed by atoms with E-state index in [9.17, 15) is 4.79 Å². The topological polar surface area (TPSA) is 79.0 Å². The molecule has 2 amide bonds. The molecule has 3 aromatic rings. The van der Waals surface area contributed by atoms with Gasteiger partial charge in [0.2, 0.25) is 0 Å². The highest BCUT2D eigenvalue weighted by molar-refractivity contribution is 6.01. The lowest BCUT2D eigenvalue weighted by Gasteiger charge is -2.08. The maximum absolute atomic E-state index is 11.8. The van der Waals surface area contributed by atoms with Crippen molar-refractivity contribution in [3.8, 4) is 5.75 Å². The quantitative estimate of drug-likeness (QED) is 0.690. The van der Waals surface area contributed by atoms with E-state index in [0.717, 1.165) is 16.5 Å². The molecule has 3 rings (SSSR count). The SMILES string of the molecule is COc1ccc2cc(NC(=O)Nc3cn[nH]c3)ccc2c1. The number of aromatic amines is 1. The Morgan fingerprint density at radius 3 is 2.62 bits per heavy atom. The first kappa shape index (κ1) is 13.0. The van der Waals surface area contributed by atoms with Crippen LogP contribution in [0.15, 0.2) is 48.8 Å². The normalized spacial score (nSPS) is 10.3. The zero-order valence-corrected chi connectivity index (χ0v) is 11.4. The molecule has 0 aliphatic heterocycles. The second-order valence-electron chi connectivity index (χ2n) is 4.49. The number of fused-ring (bicyclic) bond motifs is 1. The average molecular weight is 282 g/mol. The smallest absolute Gasteiger partial charge is 0.323 e. The molecule has 2 aromatic carbocycles. The Kier molecular flexibility index (Phi) is 3.42. The Labute approximate surface area is 121 Å². The summed E-state index contributed by atoms with van der Waals surface area (Å²) >= 11 is 0. The molecular formula is C15H14N4O2. The lowest BCUT2D eigenvalue weighted by atomic mass is 10.1. The van der Waals surface area contributed by atoms with Crippen molar-refractivity contribution in [2.75, 3.05) is 17.7 Å². The van der Waals surface area contributed by atoms with Crippen molar-refractivity contribution in [3.05, 3.63) is 48.8 Å². The monoisotopic (exact) mass is 282 g/mol. The maximum atomic E-state index is 11.8. The number of urea groups is 1. The fraction of sp³-hybridized carbons (Fsp3) is 0.0667. The predicted octanol–water partition coefficient (Wildman–Crippen LogP) is 3.22. The third-order valence-electron chi connectivity index (χ3n) is 3.06. The van der Waals surface area contributed by atoms with Gasteiger partial charge in [0, 0.05) is 11.9 Å². The third-order valence-corrected chi connectivity index (χ3v) is 3.06. The van der Waals surface area contributed by atoms with Crippen LogP contribution in [0, 0.1) is 0 Å². The van der Waals surface area contributed by atoms with Gasteiger partial charge in [0.25, 0.3) is 0 Å². The van der Waals surface area contributed by atoms with Gasteiger partial charge in [-0.25, -0.2) is 4.79 Å². The highest BCUT2D eigenvalue weighted by atomic mass is 16.5. The molecule has 0 aliphatic carbocycles. The summed E-state index contributed by atoms with van der Waals surface area (Å²) in [5.74, 6) is 0.806. The Hall–Kier alpha value is -3.02. The number of amides is 2. The predicted molar refractivity (Wildman–Crippen MR) is 81.7 cm³/mol. The molecule has 3 N–H and O–H groups in total. The van der Waals surface area contributed by atoms with Crippen molar-refractivity contribution in [1.82, 2.24) is 10.2 Å². The fourth-order valence-electron chi connectivity index (χ4n) is 2.04. The van der Waals surface area contributed by atoms with E-state index in [1.165, 1.54) is 6.20 Å². The van der Waals surface area contributed by atoms with Crippen LogP contribution in [0.5, 0.6) is 5.75 Å². The summed E-state index contributed by atoms with van der Waals surface area (Å²) in [5, 5.41) is 13.9. The summed E-state index contributed by atoms with van der Waals surface area (Å²) in [7, 11) is 1.64. The van der Waals surface area contributed by atoms with Gasteiger partial charge in [-0.05, 0) is 35.0 Å². The zero-order valence-electron chi connectivity index (χ0n) is 11.4. The summed E-state index contributed by atoms with van der Waals surface area (Å²) in [6.07, 6.45) is 3.14. The lowest BCUT2D eigenvalue weighted by molar-refractivity contribution is 0.262. The van der Waals surface area contributed by atoms with E-state index in [1.807, 2.05) is 36.4 Å². The Morgan fingerprint density at radius 1 is 1.10 bits per heavy atom. The molecule has 0 unspecified atom stereocenters. The van der Waals surface area contributed by atoms with Crippen molar-refractivity contribution in [3.63, 3.8) is 0 Å². The molecule has 1 heterocycles. The number of nitrogens with zero attached hydrogens (tertiary/aromatic N) is 1. The van der Waals surface area contributed by atoms with Crippen LogP contribution in [0.3, 0.4) is 0 Å². The van der Waals surface area contributed by atoms with Crippen LogP contribution >= 0.6 is 0 Å². The first-order valence-corrected chi connectivity index (χ1v) is 6.39. The largest absolute Gasteiger partial charge is 0.497 e. The maximum Gasteiger partial charge on any atom is 0.323 e. The number of H-pyrrole nitrogens is 1. The highest BCUT2D eigenvalue weighted by Crippen LogP contribution is 2.23. The van der Waals surface area contributed by atoms with Crippen LogP contribution in [0.25, 0.3) is 10.8 Å². The minimum atomic E-state index is -0.315. The van der Waals surface area contributed by atoms with Crippen LogP contribution in [-0.4, -0.2) is 23.3 Å². The van der Waals surface area contributed by atoms with Crippen molar-refractivity contribution in [2.45, 2.75) is 0 Å². The van der Waals surface area contributed by atoms with Crippen molar-refractivity contribution in [2.24, 2.45) is 0 Å². The van der Waals surface area contributed by atoms with Crippen LogP contribution < -0.4 is 15.4 Å². The molecule has 0 spiro atoms. The van der Waals surface area contributed by atoms with E-state index in [2.05, 4.69) is 20.8 Å². The van der Waals surface area contributed by atoms with E-state index in [0.29, 0.717) is 11.4 Å². The number of rotatable bonds is 3. The number of aromatic nitrogens is 2. The van der Waals surface area contributed by atoms with E-state index < -0.39 is 0 Å². The number of benzene rings is 2. The second-order valence-corrected chi connectivity index (χ2v) is 4.49. The first-order valence-electron chi connectivity index (χ1n) is 6.39. The Morgan fingerprint density at radius 2 is 1.86 bits per heavy atom. The molecular weight excluding hydrogens is 268 g/mol. The molecule has 6 heteroatoms. The van der Waals surface area contributed by atoms with Gasteiger partial charge in [0.05, 0.1) is 19.0 Å². The van der Waals surface area contributed by atoms with Gasteiger partial charge in [-0.2, -0.15) is 5.10 Å². The molecule has 0 radical (unpaired) electrons. The first-order chi connectivity index (χ1) is 10.2. The van der Waals surface area contributed by atoms with Crippen LogP contribution in [0.4, 0.5) is 16.2 Å². The number of carbonyl (C=O) groups excluding carboxylic acids is 1. The van der Waals surface area contributed by atoms with E-state index in [-0.39, 0.29) is 6.03 Å². The minimum absolute atomic E-state index is 0.315. The molecule has 0 saturated heterocycles. The number of carbonyl (C=O) groups is 1. The van der Waals surface area contributed by atoms with Crippen LogP contribution in [0.2, 0.25) is 0 Å². The molecule has 106 valence electrons. The van der Waals surface area contributed by atoms with Gasteiger partial charge in [0.1, 0.15) is 5.75 Å². The van der Waals surface area contributed by atoms with Gasteiger partial charge >= 0.3 is 6.03 Å². The number of hydrogen-bond acceptors (Lipinski definition) is 3. The van der Waals surface area contributed by atoms with Crippen LogP contribution in [-0.2, 0) is 0 Å². The summed E-state index contributed by atoms with van der Waals surface area (Å²) in [4.78, 5) is 11.8. The van der Waals surface area contributed by atoms with Crippen molar-refractivity contribution in [1.29, 1.82) is 0 Å². The molecule has 1 aromatic heterocycles. The Balaban J connectivity index is 1.76. The highest BCUT2D eigenvalue weighted by Gasteiger charge is 2.04. The number of nitrogens with one attached hydrogen (secondary N) is 3. The number of anilines is 2. The zero-order chi connectivity index (χ0) is 14.7. The van der Waals surface area contributed by atoms with Crippen LogP contribution in [0.1, 0.15) is 0 Å². The summed E-state index contributed by atoms with van der Waals surface area (Å²) in [6.45, 7) is 0. The van der Waals surface area contributed by atoms with E-state index in [1.54, 1.807) is 13.3 Å². The lowest BCUT2D eigenvalue weighted by Crippen LogP contribution is -2.18. The minimum Gasteiger partial charge on any atom is -0.497 e. The molecule has 0 saturated carbocycles. The molecule has 0 aliphatic rings. The van der Waals surface area contributed by atoms with E-state index in [4.69, 9.17) is 4.74 Å². The third kappa shape index (κ3) is 2.94.